The Kier molecular flexibility index (Phi) is 6.68. The number of carboxylic acids is 1. The van der Waals surface area contributed by atoms with Gasteiger partial charge in [-0.05, 0) is 75.4 Å². The second-order valence-electron chi connectivity index (χ2n) is 11.4. The van der Waals surface area contributed by atoms with Gasteiger partial charge in [-0.2, -0.15) is 0 Å². The first-order chi connectivity index (χ1) is 16.0. The lowest BCUT2D eigenvalue weighted by molar-refractivity contribution is -0.179. The number of aliphatic hydroxyl groups excluding tert-OH is 2. The molecule has 34 heavy (non-hydrogen) atoms. The molecule has 7 atom stereocenters. The van der Waals surface area contributed by atoms with E-state index in [1.54, 1.807) is 12.2 Å². The Morgan fingerprint density at radius 3 is 2.53 bits per heavy atom. The first-order valence-electron chi connectivity index (χ1n) is 12.7. The highest BCUT2D eigenvalue weighted by atomic mass is 16.4. The lowest BCUT2D eigenvalue weighted by Gasteiger charge is -2.60. The minimum absolute atomic E-state index is 0.0228. The van der Waals surface area contributed by atoms with Crippen molar-refractivity contribution < 1.29 is 34.8 Å². The van der Waals surface area contributed by atoms with Crippen molar-refractivity contribution in [2.75, 3.05) is 6.61 Å². The van der Waals surface area contributed by atoms with Crippen molar-refractivity contribution in [2.24, 2.45) is 28.6 Å². The fourth-order valence-corrected chi connectivity index (χ4v) is 8.24. The molecule has 0 aromatic heterocycles. The maximum absolute atomic E-state index is 12.6. The fraction of sp³-hybridized carbons (Fsp3) is 0.741. The van der Waals surface area contributed by atoms with Crippen molar-refractivity contribution in [2.45, 2.75) is 89.8 Å². The predicted octanol–water partition coefficient (Wildman–Crippen LogP) is 2.96. The average molecular weight is 475 g/mol. The Bertz CT molecular complexity index is 935. The van der Waals surface area contributed by atoms with Crippen LogP contribution in [0.5, 0.6) is 0 Å². The van der Waals surface area contributed by atoms with Gasteiger partial charge in [-0.1, -0.05) is 31.4 Å². The van der Waals surface area contributed by atoms with Gasteiger partial charge in [0.1, 0.15) is 12.2 Å². The quantitative estimate of drug-likeness (QED) is 0.398. The molecule has 0 radical (unpaired) electrons. The number of ketones is 2. The highest BCUT2D eigenvalue weighted by Crippen LogP contribution is 2.68. The standard InChI is InChI=1S/C27H38O7/c1-25-14-21(30)24-19(20(25)10-11-27(25,34)22(31)15-28)9-8-17-13-18(29)12-16(26(17,24)2)6-4-3-5-7-23(32)33/h12-13,19-21,24,28,30,34H,3-11,14-15H2,1-2H3,(H,32,33)/t19-,20-,21-,24+,25-,26-,27-/m0/s1. The third-order valence-corrected chi connectivity index (χ3v) is 9.93. The van der Waals surface area contributed by atoms with Crippen LogP contribution in [0, 0.1) is 28.6 Å². The van der Waals surface area contributed by atoms with E-state index >= 15 is 0 Å². The van der Waals surface area contributed by atoms with Gasteiger partial charge in [0.05, 0.1) is 6.10 Å². The summed E-state index contributed by atoms with van der Waals surface area (Å²) in [6, 6.07) is 0. The predicted molar refractivity (Wildman–Crippen MR) is 125 cm³/mol. The summed E-state index contributed by atoms with van der Waals surface area (Å²) in [5, 5.41) is 41.4. The number of unbranched alkanes of at least 4 members (excludes halogenated alkanes) is 2. The third-order valence-electron chi connectivity index (χ3n) is 9.93. The average Bonchev–Trinajstić information content (AvgIpc) is 3.04. The Morgan fingerprint density at radius 2 is 1.85 bits per heavy atom. The van der Waals surface area contributed by atoms with Crippen LogP contribution < -0.4 is 0 Å². The van der Waals surface area contributed by atoms with Gasteiger partial charge in [-0.3, -0.25) is 14.4 Å². The molecule has 0 heterocycles. The van der Waals surface area contributed by atoms with Crippen LogP contribution >= 0.6 is 0 Å². The summed E-state index contributed by atoms with van der Waals surface area (Å²) in [7, 11) is 0. The van der Waals surface area contributed by atoms with Crippen LogP contribution in [-0.4, -0.2) is 56.3 Å². The number of fused-ring (bicyclic) bond motifs is 5. The monoisotopic (exact) mass is 474 g/mol. The molecular formula is C27H38O7. The molecule has 4 N–H and O–H groups in total. The molecular weight excluding hydrogens is 436 g/mol. The number of carboxylic acid groups (broad SMARTS) is 1. The number of carbonyl (C=O) groups is 3. The second kappa shape index (κ2) is 8.99. The molecule has 7 nitrogen and oxygen atoms in total. The summed E-state index contributed by atoms with van der Waals surface area (Å²) in [6.45, 7) is 3.33. The van der Waals surface area contributed by atoms with Gasteiger partial charge in [-0.25, -0.2) is 0 Å². The number of carbonyl (C=O) groups excluding carboxylic acids is 2. The second-order valence-corrected chi connectivity index (χ2v) is 11.4. The summed E-state index contributed by atoms with van der Waals surface area (Å²) in [4.78, 5) is 35.9. The molecule has 3 fully saturated rings. The van der Waals surface area contributed by atoms with Crippen LogP contribution in [0.4, 0.5) is 0 Å². The van der Waals surface area contributed by atoms with Gasteiger partial charge in [0.15, 0.2) is 11.6 Å². The van der Waals surface area contributed by atoms with E-state index in [2.05, 4.69) is 6.92 Å². The normalized spacial score (nSPS) is 41.1. The van der Waals surface area contributed by atoms with E-state index in [1.165, 1.54) is 0 Å². The van der Waals surface area contributed by atoms with Crippen molar-refractivity contribution in [1.82, 2.24) is 0 Å². The molecule has 0 aliphatic heterocycles. The maximum Gasteiger partial charge on any atom is 0.303 e. The van der Waals surface area contributed by atoms with Crippen molar-refractivity contribution in [3.8, 4) is 0 Å². The van der Waals surface area contributed by atoms with E-state index in [0.717, 1.165) is 36.8 Å². The number of aliphatic hydroxyl groups is 3. The van der Waals surface area contributed by atoms with E-state index in [1.807, 2.05) is 6.92 Å². The molecule has 4 aliphatic carbocycles. The molecule has 4 aliphatic rings. The summed E-state index contributed by atoms with van der Waals surface area (Å²) >= 11 is 0. The van der Waals surface area contributed by atoms with Crippen molar-refractivity contribution >= 4 is 17.5 Å². The molecule has 0 unspecified atom stereocenters. The molecule has 0 amide bonds. The van der Waals surface area contributed by atoms with Crippen molar-refractivity contribution in [1.29, 1.82) is 0 Å². The van der Waals surface area contributed by atoms with Crippen molar-refractivity contribution in [3.05, 3.63) is 23.3 Å². The molecule has 0 saturated heterocycles. The molecule has 3 saturated carbocycles. The number of hydrogen-bond acceptors (Lipinski definition) is 6. The van der Waals surface area contributed by atoms with Gasteiger partial charge in [0, 0.05) is 23.2 Å². The summed E-state index contributed by atoms with van der Waals surface area (Å²) < 4.78 is 0. The SMILES string of the molecule is C[C@]12C(CCCCCC(=O)O)=CC(=O)C=C1CC[C@@H]1[C@@H]2[C@@H](O)C[C@@]2(C)[C@H]1CC[C@]2(O)C(=O)CO. The van der Waals surface area contributed by atoms with Crippen LogP contribution in [-0.2, 0) is 14.4 Å². The number of allylic oxidation sites excluding steroid dienone is 4. The van der Waals surface area contributed by atoms with Crippen LogP contribution in [0.25, 0.3) is 0 Å². The summed E-state index contributed by atoms with van der Waals surface area (Å²) in [6.07, 6.45) is 8.46. The topological polar surface area (TPSA) is 132 Å². The minimum Gasteiger partial charge on any atom is -0.481 e. The van der Waals surface area contributed by atoms with Gasteiger partial charge < -0.3 is 20.4 Å². The first-order valence-corrected chi connectivity index (χ1v) is 12.7. The van der Waals surface area contributed by atoms with E-state index in [4.69, 9.17) is 5.11 Å². The number of rotatable bonds is 8. The zero-order chi connectivity index (χ0) is 24.9. The number of aliphatic carboxylic acids is 1. The fourth-order valence-electron chi connectivity index (χ4n) is 8.24. The zero-order valence-electron chi connectivity index (χ0n) is 20.3. The van der Waals surface area contributed by atoms with Crippen LogP contribution in [0.15, 0.2) is 23.3 Å². The smallest absolute Gasteiger partial charge is 0.303 e. The summed E-state index contributed by atoms with van der Waals surface area (Å²) in [5.41, 5.74) is -0.810. The maximum atomic E-state index is 12.6. The molecule has 0 aromatic carbocycles. The Hall–Kier alpha value is -1.83. The van der Waals surface area contributed by atoms with Crippen molar-refractivity contribution in [3.63, 3.8) is 0 Å². The van der Waals surface area contributed by atoms with Gasteiger partial charge in [-0.15, -0.1) is 0 Å². The Balaban J connectivity index is 1.62. The molecule has 0 spiro atoms. The van der Waals surface area contributed by atoms with E-state index < -0.39 is 40.9 Å². The Morgan fingerprint density at radius 1 is 1.12 bits per heavy atom. The van der Waals surface area contributed by atoms with Gasteiger partial charge in [0.25, 0.3) is 0 Å². The van der Waals surface area contributed by atoms with Crippen LogP contribution in [0.2, 0.25) is 0 Å². The highest BCUT2D eigenvalue weighted by molar-refractivity contribution is 6.02. The largest absolute Gasteiger partial charge is 0.481 e. The molecule has 4 rings (SSSR count). The van der Waals surface area contributed by atoms with Gasteiger partial charge >= 0.3 is 5.97 Å². The molecule has 0 aromatic rings. The van der Waals surface area contributed by atoms with E-state index in [0.29, 0.717) is 25.7 Å². The lowest BCUT2D eigenvalue weighted by atomic mass is 9.44. The van der Waals surface area contributed by atoms with E-state index in [-0.39, 0.29) is 36.4 Å². The Labute approximate surface area is 200 Å². The third kappa shape index (κ3) is 3.71. The van der Waals surface area contributed by atoms with Gasteiger partial charge in [0.2, 0.25) is 0 Å². The minimum atomic E-state index is -1.62. The van der Waals surface area contributed by atoms with Crippen LogP contribution in [0.3, 0.4) is 0 Å². The number of Topliss-reactive ketones (excluding diaryl/α,β-unsaturated/α-hetero) is 1. The molecule has 0 bridgehead atoms. The molecule has 188 valence electrons. The van der Waals surface area contributed by atoms with E-state index in [9.17, 15) is 29.7 Å². The highest BCUT2D eigenvalue weighted by Gasteiger charge is 2.68. The number of hydrogen-bond donors (Lipinski definition) is 4. The lowest BCUT2D eigenvalue weighted by Crippen LogP contribution is -2.62. The first kappa shape index (κ1) is 25.3. The zero-order valence-corrected chi connectivity index (χ0v) is 20.3. The molecule has 7 heteroatoms. The summed E-state index contributed by atoms with van der Waals surface area (Å²) in [5.74, 6) is -1.35. The van der Waals surface area contributed by atoms with Crippen LogP contribution in [0.1, 0.15) is 78.1 Å².